The number of nitrogens with one attached hydrogen (secondary N) is 1. The minimum absolute atomic E-state index is 0.367. The molecule has 0 spiro atoms. The van der Waals surface area contributed by atoms with Gasteiger partial charge in [-0.3, -0.25) is 0 Å². The number of aryl methyl sites for hydroxylation is 1. The highest BCUT2D eigenvalue weighted by molar-refractivity contribution is 7.87. The van der Waals surface area contributed by atoms with Crippen LogP contribution in [0.4, 0.5) is 0 Å². The first-order valence-electron chi connectivity index (χ1n) is 3.60. The molecule has 1 aromatic heterocycles. The number of nitrogens with zero attached hydrogens (tertiary/aromatic N) is 1. The van der Waals surface area contributed by atoms with E-state index in [9.17, 15) is 8.42 Å². The van der Waals surface area contributed by atoms with Crippen molar-refractivity contribution in [2.75, 3.05) is 0 Å². The van der Waals surface area contributed by atoms with E-state index >= 15 is 0 Å². The van der Waals surface area contributed by atoms with Crippen LogP contribution in [-0.2, 0) is 10.2 Å². The van der Waals surface area contributed by atoms with Gasteiger partial charge in [-0.1, -0.05) is 0 Å². The molecule has 0 aliphatic heterocycles. The molecule has 3 N–H and O–H groups in total. The van der Waals surface area contributed by atoms with Gasteiger partial charge in [-0.05, 0) is 13.8 Å². The van der Waals surface area contributed by atoms with E-state index in [2.05, 4.69) is 9.71 Å². The van der Waals surface area contributed by atoms with E-state index in [1.54, 1.807) is 6.92 Å². The van der Waals surface area contributed by atoms with Gasteiger partial charge >= 0.3 is 0 Å². The Labute approximate surface area is 81.2 Å². The van der Waals surface area contributed by atoms with Gasteiger partial charge in [-0.25, -0.2) is 10.1 Å². The smallest absolute Gasteiger partial charge is 0.245 e. The molecule has 0 fully saturated rings. The maximum atomic E-state index is 10.7. The second kappa shape index (κ2) is 3.70. The van der Waals surface area contributed by atoms with Crippen molar-refractivity contribution in [2.24, 2.45) is 5.14 Å². The van der Waals surface area contributed by atoms with Crippen LogP contribution in [0.15, 0.2) is 5.38 Å². The van der Waals surface area contributed by atoms with Crippen LogP contribution >= 0.6 is 11.3 Å². The molecule has 74 valence electrons. The molecule has 5 nitrogen and oxygen atoms in total. The van der Waals surface area contributed by atoms with Crippen molar-refractivity contribution in [1.29, 1.82) is 0 Å². The maximum absolute atomic E-state index is 10.7. The fraction of sp³-hybridized carbons (Fsp3) is 0.500. The average molecular weight is 221 g/mol. The predicted octanol–water partition coefficient (Wildman–Crippen LogP) is 0.306. The molecule has 0 aliphatic carbocycles. The highest BCUT2D eigenvalue weighted by Gasteiger charge is 2.13. The average Bonchev–Trinajstić information content (AvgIpc) is 2.31. The van der Waals surface area contributed by atoms with E-state index in [1.807, 2.05) is 12.3 Å². The maximum Gasteiger partial charge on any atom is 0.275 e. The fourth-order valence-electron chi connectivity index (χ4n) is 0.868. The zero-order valence-corrected chi connectivity index (χ0v) is 8.95. The highest BCUT2D eigenvalue weighted by Crippen LogP contribution is 2.17. The summed E-state index contributed by atoms with van der Waals surface area (Å²) in [7, 11) is -3.65. The van der Waals surface area contributed by atoms with Gasteiger partial charge in [0.15, 0.2) is 0 Å². The third-order valence-electron chi connectivity index (χ3n) is 1.35. The van der Waals surface area contributed by atoms with Crippen LogP contribution in [0.3, 0.4) is 0 Å². The van der Waals surface area contributed by atoms with Gasteiger partial charge in [0.05, 0.1) is 6.04 Å². The predicted molar refractivity (Wildman–Crippen MR) is 51.5 cm³/mol. The lowest BCUT2D eigenvalue weighted by Crippen LogP contribution is -2.32. The third-order valence-corrected chi connectivity index (χ3v) is 3.18. The molecule has 0 bridgehead atoms. The molecule has 1 heterocycles. The number of hydrogen-bond acceptors (Lipinski definition) is 4. The molecular weight excluding hydrogens is 210 g/mol. The van der Waals surface area contributed by atoms with E-state index in [0.717, 1.165) is 5.69 Å². The highest BCUT2D eigenvalue weighted by atomic mass is 32.2. The molecular formula is C6H11N3O2S2. The Bertz CT molecular complexity index is 384. The van der Waals surface area contributed by atoms with Crippen LogP contribution < -0.4 is 9.86 Å². The summed E-state index contributed by atoms with van der Waals surface area (Å²) in [5.41, 5.74) is 0.878. The number of aromatic nitrogens is 1. The summed E-state index contributed by atoms with van der Waals surface area (Å²) in [6.45, 7) is 3.55. The zero-order valence-electron chi connectivity index (χ0n) is 7.31. The van der Waals surface area contributed by atoms with E-state index in [1.165, 1.54) is 11.3 Å². The van der Waals surface area contributed by atoms with Crippen LogP contribution in [-0.4, -0.2) is 13.4 Å². The molecule has 1 aromatic rings. The molecule has 0 aromatic carbocycles. The zero-order chi connectivity index (χ0) is 10.1. The molecule has 0 aliphatic rings. The van der Waals surface area contributed by atoms with Crippen molar-refractivity contribution in [3.05, 3.63) is 16.1 Å². The summed E-state index contributed by atoms with van der Waals surface area (Å²) in [4.78, 5) is 4.13. The van der Waals surface area contributed by atoms with Gasteiger partial charge < -0.3 is 0 Å². The van der Waals surface area contributed by atoms with Gasteiger partial charge in [0.25, 0.3) is 10.2 Å². The Morgan fingerprint density at radius 1 is 1.69 bits per heavy atom. The summed E-state index contributed by atoms with van der Waals surface area (Å²) >= 11 is 1.40. The molecule has 0 saturated heterocycles. The minimum atomic E-state index is -3.65. The van der Waals surface area contributed by atoms with Crippen LogP contribution in [0.25, 0.3) is 0 Å². The Morgan fingerprint density at radius 3 is 2.69 bits per heavy atom. The quantitative estimate of drug-likeness (QED) is 0.770. The Hall–Kier alpha value is -0.500. The van der Waals surface area contributed by atoms with Gasteiger partial charge in [0.2, 0.25) is 0 Å². The number of nitrogens with two attached hydrogens (primary N) is 1. The van der Waals surface area contributed by atoms with Crippen LogP contribution in [0.2, 0.25) is 0 Å². The monoisotopic (exact) mass is 221 g/mol. The van der Waals surface area contributed by atoms with E-state index < -0.39 is 10.2 Å². The number of thiazole rings is 1. The van der Waals surface area contributed by atoms with Crippen molar-refractivity contribution in [1.82, 2.24) is 9.71 Å². The fourth-order valence-corrected chi connectivity index (χ4v) is 2.35. The molecule has 7 heteroatoms. The summed E-state index contributed by atoms with van der Waals surface area (Å²) in [5.74, 6) is 0. The summed E-state index contributed by atoms with van der Waals surface area (Å²) in [6.07, 6.45) is 0. The van der Waals surface area contributed by atoms with Crippen LogP contribution in [0.5, 0.6) is 0 Å². The van der Waals surface area contributed by atoms with Crippen LogP contribution in [0.1, 0.15) is 23.7 Å². The SMILES string of the molecule is Cc1csc(C(C)NS(N)(=O)=O)n1. The Morgan fingerprint density at radius 2 is 2.31 bits per heavy atom. The topological polar surface area (TPSA) is 85.1 Å². The number of hydrogen-bond donors (Lipinski definition) is 2. The normalized spacial score (nSPS) is 14.4. The van der Waals surface area contributed by atoms with Crippen molar-refractivity contribution < 1.29 is 8.42 Å². The van der Waals surface area contributed by atoms with Gasteiger partial charge in [-0.15, -0.1) is 11.3 Å². The molecule has 13 heavy (non-hydrogen) atoms. The van der Waals surface area contributed by atoms with Gasteiger partial charge in [0, 0.05) is 11.1 Å². The largest absolute Gasteiger partial charge is 0.275 e. The molecule has 1 atom stereocenters. The van der Waals surface area contributed by atoms with Crippen molar-refractivity contribution in [3.63, 3.8) is 0 Å². The van der Waals surface area contributed by atoms with E-state index in [4.69, 9.17) is 5.14 Å². The van der Waals surface area contributed by atoms with Crippen molar-refractivity contribution in [2.45, 2.75) is 19.9 Å². The molecule has 0 amide bonds. The summed E-state index contributed by atoms with van der Waals surface area (Å²) < 4.78 is 23.6. The molecule has 1 unspecified atom stereocenters. The first-order chi connectivity index (χ1) is 5.88. The third kappa shape index (κ3) is 3.39. The standard InChI is InChI=1S/C6H11N3O2S2/c1-4-3-12-6(8-4)5(2)9-13(7,10)11/h3,5,9H,1-2H3,(H2,7,10,11). The van der Waals surface area contributed by atoms with Gasteiger partial charge in [0.1, 0.15) is 5.01 Å². The first kappa shape index (κ1) is 10.6. The lowest BCUT2D eigenvalue weighted by molar-refractivity contribution is 0.568. The lowest BCUT2D eigenvalue weighted by atomic mass is 10.4. The van der Waals surface area contributed by atoms with Gasteiger partial charge in [-0.2, -0.15) is 13.1 Å². The molecule has 0 radical (unpaired) electrons. The van der Waals surface area contributed by atoms with Crippen LogP contribution in [0, 0.1) is 6.92 Å². The van der Waals surface area contributed by atoms with E-state index in [-0.39, 0.29) is 6.04 Å². The Balaban J connectivity index is 2.75. The Kier molecular flexibility index (Phi) is 3.01. The molecule has 1 rings (SSSR count). The summed E-state index contributed by atoms with van der Waals surface area (Å²) in [5, 5.41) is 7.39. The van der Waals surface area contributed by atoms with Crippen molar-refractivity contribution in [3.8, 4) is 0 Å². The molecule has 0 saturated carbocycles. The van der Waals surface area contributed by atoms with Crippen molar-refractivity contribution >= 4 is 21.5 Å². The number of rotatable bonds is 3. The minimum Gasteiger partial charge on any atom is -0.245 e. The lowest BCUT2D eigenvalue weighted by Gasteiger charge is -2.07. The second-order valence-corrected chi connectivity index (χ2v) is 4.93. The first-order valence-corrected chi connectivity index (χ1v) is 6.03. The second-order valence-electron chi connectivity index (χ2n) is 2.71. The summed E-state index contributed by atoms with van der Waals surface area (Å²) in [6, 6.07) is -0.367. The van der Waals surface area contributed by atoms with E-state index in [0.29, 0.717) is 5.01 Å².